The van der Waals surface area contributed by atoms with E-state index in [1.807, 2.05) is 25.1 Å². The predicted octanol–water partition coefficient (Wildman–Crippen LogP) is 3.45. The van der Waals surface area contributed by atoms with Gasteiger partial charge in [0.25, 0.3) is 0 Å². The summed E-state index contributed by atoms with van der Waals surface area (Å²) in [6.45, 7) is 6.10. The van der Waals surface area contributed by atoms with Gasteiger partial charge >= 0.3 is 0 Å². The first kappa shape index (κ1) is 12.9. The number of nitrogen functional groups attached to an aromatic ring is 1. The van der Waals surface area contributed by atoms with Gasteiger partial charge in [0.05, 0.1) is 5.69 Å². The van der Waals surface area contributed by atoms with Crippen LogP contribution in [0.2, 0.25) is 0 Å². The lowest BCUT2D eigenvalue weighted by Crippen LogP contribution is -2.23. The van der Waals surface area contributed by atoms with E-state index in [4.69, 9.17) is 5.73 Å². The molecule has 0 radical (unpaired) electrons. The summed E-state index contributed by atoms with van der Waals surface area (Å²) < 4.78 is 0. The first-order valence-electron chi connectivity index (χ1n) is 6.20. The molecule has 4 heteroatoms. The summed E-state index contributed by atoms with van der Waals surface area (Å²) in [7, 11) is 0. The second-order valence-corrected chi connectivity index (χ2v) is 5.27. The number of aryl methyl sites for hydroxylation is 1. The zero-order valence-electron chi connectivity index (χ0n) is 10.9. The Balaban J connectivity index is 2.16. The number of aromatic nitrogens is 1. The normalized spacial score (nSPS) is 10.6. The van der Waals surface area contributed by atoms with Crippen molar-refractivity contribution >= 4 is 22.2 Å². The van der Waals surface area contributed by atoms with Gasteiger partial charge in [-0.3, -0.25) is 0 Å². The average molecular weight is 261 g/mol. The maximum Gasteiger partial charge on any atom is 0.185 e. The van der Waals surface area contributed by atoms with Crippen molar-refractivity contribution in [1.82, 2.24) is 4.98 Å². The van der Waals surface area contributed by atoms with Gasteiger partial charge < -0.3 is 10.6 Å². The number of nitrogens with zero attached hydrogens (tertiary/aromatic N) is 2. The van der Waals surface area contributed by atoms with E-state index in [1.54, 1.807) is 11.3 Å². The van der Waals surface area contributed by atoms with Gasteiger partial charge in [0.1, 0.15) is 0 Å². The SMILES string of the molecule is CCCN(Cc1cccc(N)c1)c1nc(C)cs1. The number of thiazole rings is 1. The van der Waals surface area contributed by atoms with Crippen LogP contribution in [0.5, 0.6) is 0 Å². The minimum atomic E-state index is 0.819. The lowest BCUT2D eigenvalue weighted by Gasteiger charge is -2.21. The van der Waals surface area contributed by atoms with Crippen LogP contribution in [-0.2, 0) is 6.54 Å². The van der Waals surface area contributed by atoms with E-state index in [0.29, 0.717) is 0 Å². The molecule has 1 aromatic carbocycles. The van der Waals surface area contributed by atoms with Crippen LogP contribution < -0.4 is 10.6 Å². The smallest absolute Gasteiger partial charge is 0.185 e. The molecule has 0 amide bonds. The maximum absolute atomic E-state index is 5.82. The van der Waals surface area contributed by atoms with Crippen molar-refractivity contribution in [3.05, 3.63) is 40.9 Å². The molecular weight excluding hydrogens is 242 g/mol. The standard InChI is InChI=1S/C14H19N3S/c1-3-7-17(14-16-11(2)10-18-14)9-12-5-4-6-13(15)8-12/h4-6,8,10H,3,7,9,15H2,1-2H3. The van der Waals surface area contributed by atoms with Crippen LogP contribution in [0.25, 0.3) is 0 Å². The van der Waals surface area contributed by atoms with E-state index in [2.05, 4.69) is 28.3 Å². The molecule has 0 saturated carbocycles. The van der Waals surface area contributed by atoms with Crippen molar-refractivity contribution in [3.8, 4) is 0 Å². The molecular formula is C14H19N3S. The number of hydrogen-bond donors (Lipinski definition) is 1. The third-order valence-corrected chi connectivity index (χ3v) is 3.71. The van der Waals surface area contributed by atoms with Gasteiger partial charge in [-0.2, -0.15) is 0 Å². The third-order valence-electron chi connectivity index (χ3n) is 2.70. The molecule has 1 aromatic heterocycles. The van der Waals surface area contributed by atoms with Crippen LogP contribution in [0.4, 0.5) is 10.8 Å². The summed E-state index contributed by atoms with van der Waals surface area (Å²) in [4.78, 5) is 6.87. The summed E-state index contributed by atoms with van der Waals surface area (Å²) >= 11 is 1.70. The van der Waals surface area contributed by atoms with Crippen LogP contribution in [-0.4, -0.2) is 11.5 Å². The predicted molar refractivity (Wildman–Crippen MR) is 79.0 cm³/mol. The first-order valence-corrected chi connectivity index (χ1v) is 7.08. The lowest BCUT2D eigenvalue weighted by molar-refractivity contribution is 0.763. The average Bonchev–Trinajstić information content (AvgIpc) is 2.75. The Morgan fingerprint density at radius 1 is 1.39 bits per heavy atom. The minimum absolute atomic E-state index is 0.819. The third kappa shape index (κ3) is 3.23. The molecule has 18 heavy (non-hydrogen) atoms. The molecule has 0 bridgehead atoms. The molecule has 96 valence electrons. The van der Waals surface area contributed by atoms with E-state index < -0.39 is 0 Å². The molecule has 0 unspecified atom stereocenters. The fourth-order valence-electron chi connectivity index (χ4n) is 1.91. The Morgan fingerprint density at radius 2 is 2.22 bits per heavy atom. The molecule has 0 aliphatic rings. The van der Waals surface area contributed by atoms with E-state index >= 15 is 0 Å². The highest BCUT2D eigenvalue weighted by atomic mass is 32.1. The van der Waals surface area contributed by atoms with Gasteiger partial charge in [-0.05, 0) is 31.0 Å². The van der Waals surface area contributed by atoms with Crippen LogP contribution >= 0.6 is 11.3 Å². The van der Waals surface area contributed by atoms with E-state index in [-0.39, 0.29) is 0 Å². The van der Waals surface area contributed by atoms with E-state index in [9.17, 15) is 0 Å². The monoisotopic (exact) mass is 261 g/mol. The molecule has 2 rings (SSSR count). The minimum Gasteiger partial charge on any atom is -0.399 e. The second-order valence-electron chi connectivity index (χ2n) is 4.44. The van der Waals surface area contributed by atoms with Crippen molar-refractivity contribution in [1.29, 1.82) is 0 Å². The molecule has 3 nitrogen and oxygen atoms in total. The van der Waals surface area contributed by atoms with Crippen molar-refractivity contribution in [2.45, 2.75) is 26.8 Å². The van der Waals surface area contributed by atoms with Gasteiger partial charge in [0.2, 0.25) is 0 Å². The fourth-order valence-corrected chi connectivity index (χ4v) is 2.74. The van der Waals surface area contributed by atoms with Gasteiger partial charge in [-0.1, -0.05) is 19.1 Å². The number of benzene rings is 1. The molecule has 0 atom stereocenters. The van der Waals surface area contributed by atoms with E-state index in [0.717, 1.165) is 36.0 Å². The van der Waals surface area contributed by atoms with Gasteiger partial charge in [0.15, 0.2) is 5.13 Å². The Labute approximate surface area is 112 Å². The summed E-state index contributed by atoms with van der Waals surface area (Å²) in [6, 6.07) is 8.06. The molecule has 0 aliphatic carbocycles. The summed E-state index contributed by atoms with van der Waals surface area (Å²) in [5.74, 6) is 0. The molecule has 0 fully saturated rings. The zero-order chi connectivity index (χ0) is 13.0. The van der Waals surface area contributed by atoms with Crippen LogP contribution in [0.1, 0.15) is 24.6 Å². The molecule has 2 aromatic rings. The molecule has 0 spiro atoms. The molecule has 0 saturated heterocycles. The summed E-state index contributed by atoms with van der Waals surface area (Å²) in [5, 5.41) is 3.19. The summed E-state index contributed by atoms with van der Waals surface area (Å²) in [6.07, 6.45) is 1.11. The fraction of sp³-hybridized carbons (Fsp3) is 0.357. The number of rotatable bonds is 5. The lowest BCUT2D eigenvalue weighted by atomic mass is 10.2. The molecule has 2 N–H and O–H groups in total. The number of anilines is 2. The van der Waals surface area contributed by atoms with Crippen molar-refractivity contribution in [2.75, 3.05) is 17.2 Å². The van der Waals surface area contributed by atoms with Crippen LogP contribution in [0, 0.1) is 6.92 Å². The Morgan fingerprint density at radius 3 is 2.83 bits per heavy atom. The van der Waals surface area contributed by atoms with Crippen molar-refractivity contribution in [2.24, 2.45) is 0 Å². The summed E-state index contributed by atoms with van der Waals surface area (Å²) in [5.41, 5.74) is 8.96. The molecule has 0 aliphatic heterocycles. The Bertz CT molecular complexity index is 507. The maximum atomic E-state index is 5.82. The highest BCUT2D eigenvalue weighted by Crippen LogP contribution is 2.22. The Hall–Kier alpha value is -1.55. The topological polar surface area (TPSA) is 42.1 Å². The van der Waals surface area contributed by atoms with Gasteiger partial charge in [0, 0.05) is 24.2 Å². The van der Waals surface area contributed by atoms with Gasteiger partial charge in [-0.15, -0.1) is 11.3 Å². The van der Waals surface area contributed by atoms with Crippen molar-refractivity contribution in [3.63, 3.8) is 0 Å². The van der Waals surface area contributed by atoms with Crippen molar-refractivity contribution < 1.29 is 0 Å². The largest absolute Gasteiger partial charge is 0.399 e. The van der Waals surface area contributed by atoms with Crippen LogP contribution in [0.15, 0.2) is 29.6 Å². The van der Waals surface area contributed by atoms with Crippen LogP contribution in [0.3, 0.4) is 0 Å². The zero-order valence-corrected chi connectivity index (χ0v) is 11.7. The number of nitrogens with two attached hydrogens (primary N) is 1. The Kier molecular flexibility index (Phi) is 4.20. The number of hydrogen-bond acceptors (Lipinski definition) is 4. The second kappa shape index (κ2) is 5.87. The molecule has 1 heterocycles. The highest BCUT2D eigenvalue weighted by molar-refractivity contribution is 7.13. The quantitative estimate of drug-likeness (QED) is 0.838. The first-order chi connectivity index (χ1) is 8.69. The van der Waals surface area contributed by atoms with E-state index in [1.165, 1.54) is 5.56 Å². The highest BCUT2D eigenvalue weighted by Gasteiger charge is 2.10. The van der Waals surface area contributed by atoms with Gasteiger partial charge in [-0.25, -0.2) is 4.98 Å².